The van der Waals surface area contributed by atoms with Gasteiger partial charge in [0.05, 0.1) is 0 Å². The molecular formula is C11H10N3. The zero-order valence-corrected chi connectivity index (χ0v) is 7.72. The van der Waals surface area contributed by atoms with Gasteiger partial charge in [-0.05, 0) is 25.0 Å². The van der Waals surface area contributed by atoms with E-state index in [1.807, 2.05) is 34.9 Å². The Morgan fingerprint density at radius 2 is 2.00 bits per heavy atom. The SMILES string of the molecule is [c]1nnc(C2CC2)n1-c1ccccc1. The van der Waals surface area contributed by atoms with Crippen LogP contribution in [0.3, 0.4) is 0 Å². The Morgan fingerprint density at radius 3 is 2.71 bits per heavy atom. The minimum Gasteiger partial charge on any atom is -0.276 e. The number of hydrogen-bond acceptors (Lipinski definition) is 2. The average molecular weight is 184 g/mol. The summed E-state index contributed by atoms with van der Waals surface area (Å²) in [5, 5.41) is 7.96. The van der Waals surface area contributed by atoms with E-state index >= 15 is 0 Å². The molecule has 1 aliphatic rings. The molecule has 1 aliphatic carbocycles. The average Bonchev–Trinajstić information content (AvgIpc) is 2.98. The summed E-state index contributed by atoms with van der Waals surface area (Å²) in [6.45, 7) is 0. The molecule has 1 fully saturated rings. The van der Waals surface area contributed by atoms with Gasteiger partial charge in [0.1, 0.15) is 5.82 Å². The van der Waals surface area contributed by atoms with Gasteiger partial charge in [0, 0.05) is 11.6 Å². The summed E-state index contributed by atoms with van der Waals surface area (Å²) in [6.07, 6.45) is 5.37. The van der Waals surface area contributed by atoms with Gasteiger partial charge in [-0.3, -0.25) is 4.57 Å². The van der Waals surface area contributed by atoms with Crippen LogP contribution in [0.5, 0.6) is 0 Å². The van der Waals surface area contributed by atoms with Crippen LogP contribution in [0.2, 0.25) is 0 Å². The van der Waals surface area contributed by atoms with Crippen LogP contribution < -0.4 is 0 Å². The second kappa shape index (κ2) is 2.94. The van der Waals surface area contributed by atoms with Gasteiger partial charge in [-0.15, -0.1) is 10.2 Å². The van der Waals surface area contributed by atoms with Crippen molar-refractivity contribution in [3.8, 4) is 5.69 Å². The molecule has 0 bridgehead atoms. The highest BCUT2D eigenvalue weighted by atomic mass is 15.3. The Hall–Kier alpha value is -1.64. The molecule has 0 atom stereocenters. The van der Waals surface area contributed by atoms with E-state index in [1.54, 1.807) is 0 Å². The maximum atomic E-state index is 4.11. The lowest BCUT2D eigenvalue weighted by Gasteiger charge is -2.03. The molecule has 0 unspecified atom stereocenters. The van der Waals surface area contributed by atoms with Crippen molar-refractivity contribution in [2.75, 3.05) is 0 Å². The van der Waals surface area contributed by atoms with Crippen LogP contribution in [0.15, 0.2) is 30.3 Å². The minimum absolute atomic E-state index is 0.606. The molecule has 0 N–H and O–H groups in total. The van der Waals surface area contributed by atoms with Gasteiger partial charge in [0.25, 0.3) is 0 Å². The van der Waals surface area contributed by atoms with Gasteiger partial charge in [-0.1, -0.05) is 18.2 Å². The first-order valence-electron chi connectivity index (χ1n) is 4.83. The molecule has 14 heavy (non-hydrogen) atoms. The number of rotatable bonds is 2. The van der Waals surface area contributed by atoms with E-state index in [-0.39, 0.29) is 0 Å². The topological polar surface area (TPSA) is 30.7 Å². The van der Waals surface area contributed by atoms with E-state index in [1.165, 1.54) is 12.8 Å². The summed E-state index contributed by atoms with van der Waals surface area (Å²) in [7, 11) is 0. The third-order valence-corrected chi connectivity index (χ3v) is 2.48. The molecule has 0 saturated heterocycles. The zero-order valence-electron chi connectivity index (χ0n) is 7.72. The van der Waals surface area contributed by atoms with Crippen molar-refractivity contribution in [1.82, 2.24) is 14.8 Å². The molecule has 1 aromatic heterocycles. The van der Waals surface area contributed by atoms with Crippen LogP contribution in [0.4, 0.5) is 0 Å². The minimum atomic E-state index is 0.606. The van der Waals surface area contributed by atoms with Crippen LogP contribution in [0, 0.1) is 6.33 Å². The van der Waals surface area contributed by atoms with Crippen molar-refractivity contribution in [2.24, 2.45) is 0 Å². The van der Waals surface area contributed by atoms with Crippen LogP contribution in [-0.2, 0) is 0 Å². The fraction of sp³-hybridized carbons (Fsp3) is 0.273. The lowest BCUT2D eigenvalue weighted by atomic mass is 10.3. The van der Waals surface area contributed by atoms with Gasteiger partial charge in [-0.25, -0.2) is 0 Å². The van der Waals surface area contributed by atoms with E-state index in [2.05, 4.69) is 16.5 Å². The lowest BCUT2D eigenvalue weighted by molar-refractivity contribution is 0.870. The normalized spacial score (nSPS) is 15.7. The highest BCUT2D eigenvalue weighted by Crippen LogP contribution is 2.39. The molecule has 0 spiro atoms. The highest BCUT2D eigenvalue weighted by Gasteiger charge is 2.29. The molecule has 1 radical (unpaired) electrons. The fourth-order valence-electron chi connectivity index (χ4n) is 1.59. The molecular weight excluding hydrogens is 174 g/mol. The summed E-state index contributed by atoms with van der Waals surface area (Å²) < 4.78 is 1.96. The molecule has 3 heteroatoms. The summed E-state index contributed by atoms with van der Waals surface area (Å²) in [4.78, 5) is 0. The number of nitrogens with zero attached hydrogens (tertiary/aromatic N) is 3. The van der Waals surface area contributed by atoms with Crippen molar-refractivity contribution in [1.29, 1.82) is 0 Å². The van der Waals surface area contributed by atoms with Crippen LogP contribution >= 0.6 is 0 Å². The summed E-state index contributed by atoms with van der Waals surface area (Å²) in [6, 6.07) is 10.1. The Balaban J connectivity index is 2.07. The smallest absolute Gasteiger partial charge is 0.207 e. The number of hydrogen-bond donors (Lipinski definition) is 0. The molecule has 2 aromatic rings. The van der Waals surface area contributed by atoms with E-state index in [9.17, 15) is 0 Å². The standard InChI is InChI=1S/C11H10N3/c1-2-4-10(5-3-1)14-8-12-13-11(14)9-6-7-9/h1-5,9H,6-7H2. The van der Waals surface area contributed by atoms with E-state index in [4.69, 9.17) is 0 Å². The summed E-state index contributed by atoms with van der Waals surface area (Å²) >= 11 is 0. The van der Waals surface area contributed by atoms with Gasteiger partial charge >= 0.3 is 0 Å². The molecule has 1 aromatic carbocycles. The molecule has 0 aliphatic heterocycles. The van der Waals surface area contributed by atoms with E-state index in [0.717, 1.165) is 11.5 Å². The maximum Gasteiger partial charge on any atom is 0.207 e. The van der Waals surface area contributed by atoms with Crippen molar-refractivity contribution < 1.29 is 0 Å². The van der Waals surface area contributed by atoms with Crippen LogP contribution in [-0.4, -0.2) is 14.8 Å². The Morgan fingerprint density at radius 1 is 1.21 bits per heavy atom. The van der Waals surface area contributed by atoms with E-state index < -0.39 is 0 Å². The molecule has 3 nitrogen and oxygen atoms in total. The summed E-state index contributed by atoms with van der Waals surface area (Å²) in [5.41, 5.74) is 1.10. The third kappa shape index (κ3) is 1.21. The van der Waals surface area contributed by atoms with Gasteiger partial charge in [0.2, 0.25) is 6.33 Å². The van der Waals surface area contributed by atoms with Crippen molar-refractivity contribution in [2.45, 2.75) is 18.8 Å². The molecule has 1 heterocycles. The number of aromatic nitrogens is 3. The molecule has 3 rings (SSSR count). The predicted molar refractivity (Wildman–Crippen MR) is 52.2 cm³/mol. The first-order chi connectivity index (χ1) is 6.95. The molecule has 69 valence electrons. The third-order valence-electron chi connectivity index (χ3n) is 2.48. The number of benzene rings is 1. The van der Waals surface area contributed by atoms with Crippen molar-refractivity contribution in [3.05, 3.63) is 42.5 Å². The Kier molecular flexibility index (Phi) is 1.63. The highest BCUT2D eigenvalue weighted by molar-refractivity contribution is 5.32. The molecule has 1 saturated carbocycles. The largest absolute Gasteiger partial charge is 0.276 e. The van der Waals surface area contributed by atoms with Gasteiger partial charge in [-0.2, -0.15) is 0 Å². The zero-order chi connectivity index (χ0) is 9.38. The lowest BCUT2D eigenvalue weighted by Crippen LogP contribution is -1.98. The van der Waals surface area contributed by atoms with Crippen LogP contribution in [0.25, 0.3) is 5.69 Å². The quantitative estimate of drug-likeness (QED) is 0.714. The van der Waals surface area contributed by atoms with Crippen molar-refractivity contribution >= 4 is 0 Å². The first kappa shape index (κ1) is 7.74. The van der Waals surface area contributed by atoms with E-state index in [0.29, 0.717) is 5.92 Å². The fourth-order valence-corrected chi connectivity index (χ4v) is 1.59. The second-order valence-corrected chi connectivity index (χ2v) is 3.60. The monoisotopic (exact) mass is 184 g/mol. The predicted octanol–water partition coefficient (Wildman–Crippen LogP) is 1.94. The molecule has 0 amide bonds. The number of para-hydroxylation sites is 1. The first-order valence-corrected chi connectivity index (χ1v) is 4.83. The Labute approximate surface area is 82.4 Å². The summed E-state index contributed by atoms with van der Waals surface area (Å²) in [5.74, 6) is 1.66. The maximum absolute atomic E-state index is 4.11. The second-order valence-electron chi connectivity index (χ2n) is 3.60. The van der Waals surface area contributed by atoms with Gasteiger partial charge in [0.15, 0.2) is 0 Å². The Bertz CT molecular complexity index is 429. The van der Waals surface area contributed by atoms with Crippen LogP contribution in [0.1, 0.15) is 24.6 Å². The van der Waals surface area contributed by atoms with Crippen molar-refractivity contribution in [3.63, 3.8) is 0 Å². The van der Waals surface area contributed by atoms with Gasteiger partial charge < -0.3 is 0 Å².